The third-order valence-corrected chi connectivity index (χ3v) is 4.05. The van der Waals surface area contributed by atoms with Crippen LogP contribution in [0.2, 0.25) is 0 Å². The molecule has 102 valence electrons. The molecule has 2 aromatic rings. The molecule has 0 unspecified atom stereocenters. The molecule has 2 nitrogen and oxygen atoms in total. The summed E-state index contributed by atoms with van der Waals surface area (Å²) in [7, 11) is 0. The fraction of sp³-hybridized carbons (Fsp3) is 0.176. The first kappa shape index (κ1) is 15.0. The van der Waals surface area contributed by atoms with Gasteiger partial charge in [0.15, 0.2) is 0 Å². The van der Waals surface area contributed by atoms with Gasteiger partial charge in [-0.3, -0.25) is 0 Å². The van der Waals surface area contributed by atoms with Crippen molar-refractivity contribution in [2.75, 3.05) is 6.67 Å². The predicted octanol–water partition coefficient (Wildman–Crippen LogP) is 3.51. The van der Waals surface area contributed by atoms with Gasteiger partial charge in [-0.25, -0.2) is 0 Å². The minimum absolute atomic E-state index is 0.658. The Kier molecular flexibility index (Phi) is 5.58. The van der Waals surface area contributed by atoms with Crippen LogP contribution in [0.25, 0.3) is 11.1 Å². The van der Waals surface area contributed by atoms with Crippen molar-refractivity contribution in [2.24, 2.45) is 4.99 Å². The number of rotatable bonds is 6. The second kappa shape index (κ2) is 7.42. The third-order valence-electron chi connectivity index (χ3n) is 3.12. The second-order valence-electron chi connectivity index (χ2n) is 4.65. The molecule has 0 fully saturated rings. The first-order valence-electron chi connectivity index (χ1n) is 6.53. The molecule has 0 bridgehead atoms. The van der Waals surface area contributed by atoms with Gasteiger partial charge in [0, 0.05) is 0 Å². The van der Waals surface area contributed by atoms with Gasteiger partial charge >= 0.3 is 131 Å². The van der Waals surface area contributed by atoms with Gasteiger partial charge < -0.3 is 0 Å². The Balaban J connectivity index is 2.21. The summed E-state index contributed by atoms with van der Waals surface area (Å²) >= 11 is 1.47. The molecule has 0 saturated carbocycles. The predicted molar refractivity (Wildman–Crippen MR) is 82.5 cm³/mol. The van der Waals surface area contributed by atoms with Crippen LogP contribution < -0.4 is 0 Å². The summed E-state index contributed by atoms with van der Waals surface area (Å²) in [6.07, 6.45) is 0. The maximum absolute atomic E-state index is 4.00. The van der Waals surface area contributed by atoms with Crippen molar-refractivity contribution in [1.82, 2.24) is 4.90 Å². The Labute approximate surface area is 131 Å². The molecule has 2 rings (SSSR count). The quantitative estimate of drug-likeness (QED) is 0.636. The van der Waals surface area contributed by atoms with E-state index in [4.69, 9.17) is 0 Å². The van der Waals surface area contributed by atoms with E-state index in [9.17, 15) is 0 Å². The molecule has 0 saturated heterocycles. The van der Waals surface area contributed by atoms with Crippen LogP contribution in [0.4, 0.5) is 0 Å². The normalized spacial score (nSPS) is 10.5. The zero-order valence-corrected chi connectivity index (χ0v) is 14.6. The molecule has 0 aliphatic carbocycles. The van der Waals surface area contributed by atoms with E-state index in [1.807, 2.05) is 6.07 Å². The van der Waals surface area contributed by atoms with Crippen LogP contribution in [0, 0.1) is 0 Å². The van der Waals surface area contributed by atoms with E-state index in [1.165, 1.54) is 40.1 Å². The average molecular weight is 434 g/mol. The van der Waals surface area contributed by atoms with E-state index in [0.29, 0.717) is 6.67 Å². The Bertz CT molecular complexity index is 593. The standard InChI is InChI=1S/C17H18N2.W/c1-3-19(14-18-2)13-15-8-7-11-17(12-15)16-9-5-4-6-10-16;/h4-12H,2,13-14H2,1H3;. The maximum atomic E-state index is 4.00. The fourth-order valence-corrected chi connectivity index (χ4v) is 2.52. The number of nitrogens with zero attached hydrogens (tertiary/aromatic N) is 2. The van der Waals surface area contributed by atoms with Crippen LogP contribution in [0.3, 0.4) is 0 Å². The topological polar surface area (TPSA) is 15.6 Å². The summed E-state index contributed by atoms with van der Waals surface area (Å²) in [5, 5.41) is 0. The Morgan fingerprint density at radius 2 is 1.80 bits per heavy atom. The summed E-state index contributed by atoms with van der Waals surface area (Å²) in [5.74, 6) is 0. The minimum atomic E-state index is 0.658. The van der Waals surface area contributed by atoms with Gasteiger partial charge in [0.25, 0.3) is 0 Å². The van der Waals surface area contributed by atoms with Gasteiger partial charge in [0.1, 0.15) is 0 Å². The van der Waals surface area contributed by atoms with Crippen LogP contribution in [-0.4, -0.2) is 22.3 Å². The summed E-state index contributed by atoms with van der Waals surface area (Å²) < 4.78 is 1.34. The van der Waals surface area contributed by atoms with Crippen LogP contribution in [0.5, 0.6) is 0 Å². The first-order chi connectivity index (χ1) is 9.70. The van der Waals surface area contributed by atoms with Crippen LogP contribution >= 0.6 is 0 Å². The molecule has 0 N–H and O–H groups in total. The molecule has 20 heavy (non-hydrogen) atoms. The molecule has 0 atom stereocenters. The molecule has 0 heterocycles. The van der Waals surface area contributed by atoms with Crippen LogP contribution in [-0.2, 0) is 25.9 Å². The van der Waals surface area contributed by atoms with E-state index < -0.39 is 0 Å². The Hall–Kier alpha value is -1.37. The van der Waals surface area contributed by atoms with E-state index in [-0.39, 0.29) is 0 Å². The van der Waals surface area contributed by atoms with E-state index >= 15 is 0 Å². The van der Waals surface area contributed by atoms with Crippen molar-refractivity contribution in [3.63, 3.8) is 0 Å². The van der Waals surface area contributed by atoms with Crippen molar-refractivity contribution in [3.8, 4) is 11.1 Å². The monoisotopic (exact) mass is 434 g/mol. The SMILES string of the molecule is C=NCN(Cc1cccc(-c2ccccc2)c1)[C](C)=[W]. The van der Waals surface area contributed by atoms with Gasteiger partial charge in [0.05, 0.1) is 0 Å². The van der Waals surface area contributed by atoms with Crippen molar-refractivity contribution < 1.29 is 19.4 Å². The molecule has 2 aromatic carbocycles. The molecular weight excluding hydrogens is 416 g/mol. The number of benzene rings is 2. The molecular formula is C17H18N2W. The fourth-order valence-electron chi connectivity index (χ4n) is 2.08. The number of hydrogen-bond donors (Lipinski definition) is 0. The molecule has 0 aromatic heterocycles. The molecule has 0 spiro atoms. The number of aliphatic imine (C=N–C) groups is 1. The van der Waals surface area contributed by atoms with Gasteiger partial charge in [-0.15, -0.1) is 0 Å². The molecule has 0 radical (unpaired) electrons. The van der Waals surface area contributed by atoms with Gasteiger partial charge in [-0.05, 0) is 0 Å². The van der Waals surface area contributed by atoms with Gasteiger partial charge in [0.2, 0.25) is 0 Å². The third kappa shape index (κ3) is 4.06. The van der Waals surface area contributed by atoms with E-state index in [1.54, 1.807) is 0 Å². The van der Waals surface area contributed by atoms with Crippen molar-refractivity contribution in [2.45, 2.75) is 13.5 Å². The molecule has 0 aliphatic heterocycles. The van der Waals surface area contributed by atoms with Crippen LogP contribution in [0.15, 0.2) is 59.6 Å². The zero-order chi connectivity index (χ0) is 14.4. The molecule has 0 aliphatic rings. The summed E-state index contributed by atoms with van der Waals surface area (Å²) in [4.78, 5) is 6.26. The summed E-state index contributed by atoms with van der Waals surface area (Å²) in [6.45, 7) is 7.28. The summed E-state index contributed by atoms with van der Waals surface area (Å²) in [5.41, 5.74) is 3.82. The average Bonchev–Trinajstić information content (AvgIpc) is 2.48. The zero-order valence-electron chi connectivity index (χ0n) is 11.6. The van der Waals surface area contributed by atoms with E-state index in [0.717, 1.165) is 6.54 Å². The van der Waals surface area contributed by atoms with Crippen molar-refractivity contribution >= 4 is 10.7 Å². The van der Waals surface area contributed by atoms with Crippen molar-refractivity contribution in [1.29, 1.82) is 0 Å². The van der Waals surface area contributed by atoms with Gasteiger partial charge in [-0.2, -0.15) is 0 Å². The van der Waals surface area contributed by atoms with Gasteiger partial charge in [-0.1, -0.05) is 0 Å². The first-order valence-corrected chi connectivity index (χ1v) is 7.99. The van der Waals surface area contributed by atoms with Crippen LogP contribution in [0.1, 0.15) is 12.5 Å². The second-order valence-corrected chi connectivity index (χ2v) is 6.77. The molecule has 0 amide bonds. The Morgan fingerprint density at radius 1 is 1.10 bits per heavy atom. The number of hydrogen-bond acceptors (Lipinski definition) is 2. The van der Waals surface area contributed by atoms with Crippen molar-refractivity contribution in [3.05, 3.63) is 60.2 Å². The Morgan fingerprint density at radius 3 is 2.45 bits per heavy atom. The molecule has 3 heteroatoms. The van der Waals surface area contributed by atoms with E-state index in [2.05, 4.69) is 72.1 Å². The summed E-state index contributed by atoms with van der Waals surface area (Å²) in [6, 6.07) is 19.2.